The van der Waals surface area contributed by atoms with E-state index in [0.29, 0.717) is 0 Å². The molecule has 0 atom stereocenters. The van der Waals surface area contributed by atoms with E-state index < -0.39 is 0 Å². The molecule has 0 aliphatic carbocycles. The van der Waals surface area contributed by atoms with Gasteiger partial charge in [0.15, 0.2) is 0 Å². The number of hydrogen-bond donors (Lipinski definition) is 2. The number of nitrogens with one attached hydrogen (secondary N) is 2. The van der Waals surface area contributed by atoms with Crippen molar-refractivity contribution in [3.05, 3.63) is 69.8 Å². The first-order chi connectivity index (χ1) is 13.3. The Bertz CT molecular complexity index is 841. The number of aryl methyl sites for hydroxylation is 4. The average molecular weight is 378 g/mol. The quantitative estimate of drug-likeness (QED) is 0.572. The van der Waals surface area contributed by atoms with Gasteiger partial charge in [-0.05, 0) is 49.9 Å². The highest BCUT2D eigenvalue weighted by atomic mass is 16.2. The van der Waals surface area contributed by atoms with Crippen molar-refractivity contribution in [1.82, 2.24) is 10.9 Å². The van der Waals surface area contributed by atoms with Crippen LogP contribution in [0.1, 0.15) is 46.2 Å². The Kier molecular flexibility index (Phi) is 7.63. The Labute approximate surface area is 165 Å². The highest BCUT2D eigenvalue weighted by Gasteiger charge is 2.05. The molecule has 28 heavy (non-hydrogen) atoms. The molecule has 0 aliphatic heterocycles. The summed E-state index contributed by atoms with van der Waals surface area (Å²) in [7, 11) is 0. The Balaban J connectivity index is 1.73. The van der Waals surface area contributed by atoms with Crippen LogP contribution in [0.4, 0.5) is 0 Å². The molecule has 2 N–H and O–H groups in total. The number of hydrogen-bond acceptors (Lipinski definition) is 4. The Morgan fingerprint density at radius 2 is 1.14 bits per heavy atom. The van der Waals surface area contributed by atoms with Crippen LogP contribution in [0.15, 0.2) is 46.6 Å². The van der Waals surface area contributed by atoms with Gasteiger partial charge < -0.3 is 0 Å². The first-order valence-corrected chi connectivity index (χ1v) is 9.13. The molecule has 0 aromatic heterocycles. The van der Waals surface area contributed by atoms with Crippen LogP contribution in [0.5, 0.6) is 0 Å². The molecule has 0 radical (unpaired) electrons. The summed E-state index contributed by atoms with van der Waals surface area (Å²) >= 11 is 0. The zero-order valence-corrected chi connectivity index (χ0v) is 16.7. The molecule has 0 saturated heterocycles. The normalized spacial score (nSPS) is 11.1. The molecule has 146 valence electrons. The van der Waals surface area contributed by atoms with Crippen molar-refractivity contribution in [2.45, 2.75) is 40.5 Å². The molecule has 2 rings (SSSR count). The first-order valence-electron chi connectivity index (χ1n) is 9.13. The molecule has 0 bridgehead atoms. The lowest BCUT2D eigenvalue weighted by Crippen LogP contribution is -2.22. The van der Waals surface area contributed by atoms with Crippen molar-refractivity contribution < 1.29 is 9.59 Å². The van der Waals surface area contributed by atoms with Crippen LogP contribution in [0.2, 0.25) is 0 Å². The van der Waals surface area contributed by atoms with E-state index in [1.54, 1.807) is 12.4 Å². The van der Waals surface area contributed by atoms with Crippen molar-refractivity contribution in [3.8, 4) is 0 Å². The summed E-state index contributed by atoms with van der Waals surface area (Å²) in [5, 5.41) is 7.89. The van der Waals surface area contributed by atoms with Gasteiger partial charge in [-0.1, -0.05) is 47.5 Å². The standard InChI is InChI=1S/C22H26N4O2/c1-15-5-7-19(17(3)11-15)13-23-25-21(27)9-10-22(28)26-24-14-20-8-6-16(2)12-18(20)4/h5-8,11-14H,9-10H2,1-4H3,(H,25,27)(H,26,28)/b23-13+,24-14+. The number of carbonyl (C=O) groups excluding carboxylic acids is 2. The second-order valence-electron chi connectivity index (χ2n) is 6.81. The van der Waals surface area contributed by atoms with E-state index in [0.717, 1.165) is 22.3 Å². The summed E-state index contributed by atoms with van der Waals surface area (Å²) < 4.78 is 0. The molecule has 2 amide bonds. The van der Waals surface area contributed by atoms with Crippen LogP contribution < -0.4 is 10.9 Å². The number of nitrogens with zero attached hydrogens (tertiary/aromatic N) is 2. The number of carbonyl (C=O) groups is 2. The molecule has 0 spiro atoms. The third kappa shape index (κ3) is 6.79. The lowest BCUT2D eigenvalue weighted by atomic mass is 10.1. The zero-order valence-electron chi connectivity index (χ0n) is 16.7. The largest absolute Gasteiger partial charge is 0.273 e. The molecule has 2 aromatic carbocycles. The second-order valence-corrected chi connectivity index (χ2v) is 6.81. The third-order valence-electron chi connectivity index (χ3n) is 4.22. The maximum atomic E-state index is 11.8. The van der Waals surface area contributed by atoms with E-state index in [1.807, 2.05) is 64.1 Å². The smallest absolute Gasteiger partial charge is 0.240 e. The number of amides is 2. The molecule has 0 saturated carbocycles. The minimum atomic E-state index is -0.325. The van der Waals surface area contributed by atoms with Crippen LogP contribution in [-0.4, -0.2) is 24.2 Å². The zero-order chi connectivity index (χ0) is 20.5. The van der Waals surface area contributed by atoms with Crippen molar-refractivity contribution in [3.63, 3.8) is 0 Å². The fourth-order valence-corrected chi connectivity index (χ4v) is 2.63. The molecule has 0 unspecified atom stereocenters. The van der Waals surface area contributed by atoms with E-state index in [4.69, 9.17) is 0 Å². The van der Waals surface area contributed by atoms with Gasteiger partial charge in [0.25, 0.3) is 0 Å². The molecule has 0 aliphatic rings. The summed E-state index contributed by atoms with van der Waals surface area (Å²) in [6, 6.07) is 12.0. The van der Waals surface area contributed by atoms with Crippen molar-refractivity contribution in [2.75, 3.05) is 0 Å². The van der Waals surface area contributed by atoms with Gasteiger partial charge >= 0.3 is 0 Å². The summed E-state index contributed by atoms with van der Waals surface area (Å²) in [6.07, 6.45) is 3.27. The molecule has 6 heteroatoms. The minimum absolute atomic E-state index is 0.0368. The minimum Gasteiger partial charge on any atom is -0.273 e. The lowest BCUT2D eigenvalue weighted by molar-refractivity contribution is -0.126. The van der Waals surface area contributed by atoms with Crippen LogP contribution in [0.3, 0.4) is 0 Å². The van der Waals surface area contributed by atoms with Crippen LogP contribution in [-0.2, 0) is 9.59 Å². The lowest BCUT2D eigenvalue weighted by Gasteiger charge is -2.03. The summed E-state index contributed by atoms with van der Waals surface area (Å²) in [4.78, 5) is 23.6. The van der Waals surface area contributed by atoms with E-state index in [1.165, 1.54) is 11.1 Å². The SMILES string of the molecule is Cc1ccc(/C=N/NC(=O)CCC(=O)N/N=C/c2ccc(C)cc2C)c(C)c1. The monoisotopic (exact) mass is 378 g/mol. The number of hydrazone groups is 2. The number of rotatable bonds is 7. The fraction of sp³-hybridized carbons (Fsp3) is 0.273. The van der Waals surface area contributed by atoms with Gasteiger partial charge in [-0.25, -0.2) is 10.9 Å². The van der Waals surface area contributed by atoms with Crippen molar-refractivity contribution in [2.24, 2.45) is 10.2 Å². The van der Waals surface area contributed by atoms with Gasteiger partial charge in [-0.3, -0.25) is 9.59 Å². The van der Waals surface area contributed by atoms with E-state index in [2.05, 4.69) is 21.1 Å². The highest BCUT2D eigenvalue weighted by Crippen LogP contribution is 2.08. The predicted octanol–water partition coefficient (Wildman–Crippen LogP) is 3.30. The Hall–Kier alpha value is -3.28. The van der Waals surface area contributed by atoms with Gasteiger partial charge in [0, 0.05) is 12.8 Å². The van der Waals surface area contributed by atoms with E-state index >= 15 is 0 Å². The van der Waals surface area contributed by atoms with Crippen molar-refractivity contribution in [1.29, 1.82) is 0 Å². The predicted molar refractivity (Wildman–Crippen MR) is 113 cm³/mol. The van der Waals surface area contributed by atoms with Gasteiger partial charge in [-0.15, -0.1) is 0 Å². The van der Waals surface area contributed by atoms with Crippen molar-refractivity contribution >= 4 is 24.2 Å². The summed E-state index contributed by atoms with van der Waals surface area (Å²) in [5.74, 6) is -0.649. The second kappa shape index (κ2) is 10.2. The van der Waals surface area contributed by atoms with Gasteiger partial charge in [0.05, 0.1) is 12.4 Å². The Morgan fingerprint density at radius 1 is 0.750 bits per heavy atom. The molecule has 0 heterocycles. The van der Waals surface area contributed by atoms with Crippen LogP contribution in [0.25, 0.3) is 0 Å². The maximum absolute atomic E-state index is 11.8. The molecule has 0 fully saturated rings. The fourth-order valence-electron chi connectivity index (χ4n) is 2.63. The topological polar surface area (TPSA) is 82.9 Å². The molecular weight excluding hydrogens is 352 g/mol. The maximum Gasteiger partial charge on any atom is 0.240 e. The van der Waals surface area contributed by atoms with Gasteiger partial charge in [0.1, 0.15) is 0 Å². The first kappa shape index (κ1) is 21.0. The summed E-state index contributed by atoms with van der Waals surface area (Å²) in [6.45, 7) is 8.01. The number of benzene rings is 2. The van der Waals surface area contributed by atoms with Crippen LogP contribution >= 0.6 is 0 Å². The average Bonchev–Trinajstić information content (AvgIpc) is 2.63. The van der Waals surface area contributed by atoms with Crippen LogP contribution in [0, 0.1) is 27.7 Å². The molecule has 2 aromatic rings. The van der Waals surface area contributed by atoms with Gasteiger partial charge in [0.2, 0.25) is 11.8 Å². The summed E-state index contributed by atoms with van der Waals surface area (Å²) in [5.41, 5.74) is 11.2. The highest BCUT2D eigenvalue weighted by molar-refractivity contribution is 5.87. The molecular formula is C22H26N4O2. The van der Waals surface area contributed by atoms with Gasteiger partial charge in [-0.2, -0.15) is 10.2 Å². The Morgan fingerprint density at radius 3 is 1.50 bits per heavy atom. The van der Waals surface area contributed by atoms with E-state index in [-0.39, 0.29) is 24.7 Å². The third-order valence-corrected chi connectivity index (χ3v) is 4.22. The van der Waals surface area contributed by atoms with E-state index in [9.17, 15) is 9.59 Å². The molecule has 6 nitrogen and oxygen atoms in total.